The van der Waals surface area contributed by atoms with Gasteiger partial charge < -0.3 is 15.4 Å². The number of aryl methyl sites for hydroxylation is 1. The zero-order valence-corrected chi connectivity index (χ0v) is 14.7. The third-order valence-electron chi connectivity index (χ3n) is 3.89. The Morgan fingerprint density at radius 1 is 1.04 bits per heavy atom. The zero-order chi connectivity index (χ0) is 18.4. The van der Waals surface area contributed by atoms with Crippen molar-refractivity contribution in [3.63, 3.8) is 0 Å². The minimum atomic E-state index is -0.317. The molecule has 1 heterocycles. The summed E-state index contributed by atoms with van der Waals surface area (Å²) < 4.78 is 5.10. The third-order valence-corrected chi connectivity index (χ3v) is 3.89. The molecule has 0 saturated carbocycles. The number of carbonyl (C=O) groups is 1. The maximum Gasteiger partial charge on any atom is 0.275 e. The lowest BCUT2D eigenvalue weighted by molar-refractivity contribution is 0.102. The highest BCUT2D eigenvalue weighted by molar-refractivity contribution is 6.02. The van der Waals surface area contributed by atoms with E-state index in [1.54, 1.807) is 37.6 Å². The van der Waals surface area contributed by atoms with E-state index >= 15 is 0 Å². The Hall–Kier alpha value is -3.41. The van der Waals surface area contributed by atoms with E-state index in [-0.39, 0.29) is 11.6 Å². The van der Waals surface area contributed by atoms with Crippen molar-refractivity contribution in [3.8, 4) is 5.75 Å². The normalized spacial score (nSPS) is 10.2. The maximum absolute atomic E-state index is 12.3. The SMILES string of the molecule is CCc1ccccc1Nc1cnc(C(=O)Nc2ccc(OC)cc2)cn1. The van der Waals surface area contributed by atoms with Gasteiger partial charge in [0.1, 0.15) is 17.3 Å². The summed E-state index contributed by atoms with van der Waals surface area (Å²) in [6, 6.07) is 15.1. The molecule has 6 heteroatoms. The lowest BCUT2D eigenvalue weighted by Gasteiger charge is -2.10. The third kappa shape index (κ3) is 4.16. The molecule has 0 fully saturated rings. The second-order valence-corrected chi connectivity index (χ2v) is 5.61. The molecule has 0 aliphatic heterocycles. The molecule has 6 nitrogen and oxygen atoms in total. The minimum absolute atomic E-state index is 0.246. The van der Waals surface area contributed by atoms with Crippen molar-refractivity contribution < 1.29 is 9.53 Å². The molecule has 0 saturated heterocycles. The number of rotatable bonds is 6. The topological polar surface area (TPSA) is 76.1 Å². The summed E-state index contributed by atoms with van der Waals surface area (Å²) in [6.07, 6.45) is 3.92. The molecule has 1 amide bonds. The van der Waals surface area contributed by atoms with Gasteiger partial charge >= 0.3 is 0 Å². The number of aromatic nitrogens is 2. The number of anilines is 3. The van der Waals surface area contributed by atoms with Gasteiger partial charge in [0.2, 0.25) is 0 Å². The lowest BCUT2D eigenvalue weighted by atomic mass is 10.1. The van der Waals surface area contributed by atoms with E-state index in [4.69, 9.17) is 4.74 Å². The molecule has 1 aromatic heterocycles. The quantitative estimate of drug-likeness (QED) is 0.703. The van der Waals surface area contributed by atoms with Crippen LogP contribution in [0.4, 0.5) is 17.2 Å². The van der Waals surface area contributed by atoms with Crippen molar-refractivity contribution in [1.29, 1.82) is 0 Å². The molecule has 2 aromatic carbocycles. The Balaban J connectivity index is 1.67. The number of hydrogen-bond acceptors (Lipinski definition) is 5. The van der Waals surface area contributed by atoms with Gasteiger partial charge in [0.15, 0.2) is 0 Å². The van der Waals surface area contributed by atoms with Crippen LogP contribution in [0, 0.1) is 0 Å². The van der Waals surface area contributed by atoms with Crippen LogP contribution >= 0.6 is 0 Å². The lowest BCUT2D eigenvalue weighted by Crippen LogP contribution is -2.14. The smallest absolute Gasteiger partial charge is 0.275 e. The Labute approximate surface area is 152 Å². The number of benzene rings is 2. The van der Waals surface area contributed by atoms with Crippen molar-refractivity contribution in [2.45, 2.75) is 13.3 Å². The van der Waals surface area contributed by atoms with Crippen molar-refractivity contribution in [2.75, 3.05) is 17.7 Å². The fraction of sp³-hybridized carbons (Fsp3) is 0.150. The van der Waals surface area contributed by atoms with Crippen molar-refractivity contribution in [1.82, 2.24) is 9.97 Å². The van der Waals surface area contributed by atoms with Crippen molar-refractivity contribution in [2.24, 2.45) is 0 Å². The monoisotopic (exact) mass is 348 g/mol. The van der Waals surface area contributed by atoms with Gasteiger partial charge in [-0.2, -0.15) is 0 Å². The molecule has 2 N–H and O–H groups in total. The first kappa shape index (κ1) is 17.4. The summed E-state index contributed by atoms with van der Waals surface area (Å²) in [5.74, 6) is 1.00. The number of methoxy groups -OCH3 is 1. The van der Waals surface area contributed by atoms with E-state index in [9.17, 15) is 4.79 Å². The number of amides is 1. The van der Waals surface area contributed by atoms with E-state index in [1.807, 2.05) is 18.2 Å². The molecule has 132 valence electrons. The van der Waals surface area contributed by atoms with E-state index in [0.717, 1.165) is 17.9 Å². The first-order valence-electron chi connectivity index (χ1n) is 8.32. The van der Waals surface area contributed by atoms with Crippen LogP contribution in [0.25, 0.3) is 0 Å². The first-order valence-corrected chi connectivity index (χ1v) is 8.32. The zero-order valence-electron chi connectivity index (χ0n) is 14.7. The van der Waals surface area contributed by atoms with E-state index < -0.39 is 0 Å². The van der Waals surface area contributed by atoms with Crippen molar-refractivity contribution in [3.05, 3.63) is 72.2 Å². The Bertz CT molecular complexity index is 877. The number of nitrogens with zero attached hydrogens (tertiary/aromatic N) is 2. The van der Waals surface area contributed by atoms with Gasteiger partial charge in [0.05, 0.1) is 19.5 Å². The van der Waals surface area contributed by atoms with Crippen LogP contribution in [0.3, 0.4) is 0 Å². The summed E-state index contributed by atoms with van der Waals surface area (Å²) in [5, 5.41) is 6.01. The summed E-state index contributed by atoms with van der Waals surface area (Å²) >= 11 is 0. The Morgan fingerprint density at radius 2 is 1.81 bits per heavy atom. The van der Waals surface area contributed by atoms with Gasteiger partial charge in [-0.3, -0.25) is 4.79 Å². The standard InChI is InChI=1S/C20H20N4O2/c1-3-14-6-4-5-7-17(14)24-19-13-21-18(12-22-19)20(25)23-15-8-10-16(26-2)11-9-15/h4-13H,3H2,1-2H3,(H,22,24)(H,23,25). The van der Waals surface area contributed by atoms with Gasteiger partial charge in [-0.05, 0) is 42.3 Å². The summed E-state index contributed by atoms with van der Waals surface area (Å²) in [6.45, 7) is 2.10. The first-order chi connectivity index (χ1) is 12.7. The number of para-hydroxylation sites is 1. The highest BCUT2D eigenvalue weighted by atomic mass is 16.5. The second kappa shape index (κ2) is 8.11. The van der Waals surface area contributed by atoms with Crippen LogP contribution in [-0.4, -0.2) is 23.0 Å². The van der Waals surface area contributed by atoms with E-state index in [0.29, 0.717) is 11.5 Å². The van der Waals surface area contributed by atoms with Crippen LogP contribution in [0.2, 0.25) is 0 Å². The molecule has 0 atom stereocenters. The molecule has 0 spiro atoms. The summed E-state index contributed by atoms with van der Waals surface area (Å²) in [5.41, 5.74) is 3.09. The fourth-order valence-corrected chi connectivity index (χ4v) is 2.47. The molecule has 0 unspecified atom stereocenters. The fourth-order valence-electron chi connectivity index (χ4n) is 2.47. The molecule has 0 radical (unpaired) electrons. The molecule has 3 rings (SSSR count). The summed E-state index contributed by atoms with van der Waals surface area (Å²) in [4.78, 5) is 20.8. The highest BCUT2D eigenvalue weighted by Gasteiger charge is 2.09. The predicted octanol–water partition coefficient (Wildman–Crippen LogP) is 4.04. The summed E-state index contributed by atoms with van der Waals surface area (Å²) in [7, 11) is 1.59. The number of carbonyl (C=O) groups excluding carboxylic acids is 1. The second-order valence-electron chi connectivity index (χ2n) is 5.61. The minimum Gasteiger partial charge on any atom is -0.497 e. The number of hydrogen-bond donors (Lipinski definition) is 2. The van der Waals surface area contributed by atoms with Crippen LogP contribution in [-0.2, 0) is 6.42 Å². The average molecular weight is 348 g/mol. The van der Waals surface area contributed by atoms with Gasteiger partial charge in [0, 0.05) is 11.4 Å². The molecular weight excluding hydrogens is 328 g/mol. The van der Waals surface area contributed by atoms with Crippen LogP contribution < -0.4 is 15.4 Å². The van der Waals surface area contributed by atoms with Gasteiger partial charge in [-0.25, -0.2) is 9.97 Å². The molecule has 3 aromatic rings. The van der Waals surface area contributed by atoms with Crippen molar-refractivity contribution >= 4 is 23.1 Å². The Morgan fingerprint density at radius 3 is 2.46 bits per heavy atom. The molecule has 0 aliphatic rings. The molecule has 0 aliphatic carbocycles. The van der Waals surface area contributed by atoms with E-state index in [1.165, 1.54) is 11.8 Å². The predicted molar refractivity (Wildman–Crippen MR) is 102 cm³/mol. The molecule has 0 bridgehead atoms. The van der Waals surface area contributed by atoms with Crippen LogP contribution in [0.15, 0.2) is 60.9 Å². The van der Waals surface area contributed by atoms with Gasteiger partial charge in [-0.1, -0.05) is 25.1 Å². The van der Waals surface area contributed by atoms with Crippen LogP contribution in [0.5, 0.6) is 5.75 Å². The average Bonchev–Trinajstić information content (AvgIpc) is 2.69. The van der Waals surface area contributed by atoms with Gasteiger partial charge in [0.25, 0.3) is 5.91 Å². The maximum atomic E-state index is 12.3. The number of nitrogens with one attached hydrogen (secondary N) is 2. The molecular formula is C20H20N4O2. The largest absolute Gasteiger partial charge is 0.497 e. The Kier molecular flexibility index (Phi) is 5.43. The highest BCUT2D eigenvalue weighted by Crippen LogP contribution is 2.20. The molecule has 26 heavy (non-hydrogen) atoms. The van der Waals surface area contributed by atoms with Gasteiger partial charge in [-0.15, -0.1) is 0 Å². The number of ether oxygens (including phenoxy) is 1. The van der Waals surface area contributed by atoms with E-state index in [2.05, 4.69) is 33.6 Å². The van der Waals surface area contributed by atoms with Crippen LogP contribution in [0.1, 0.15) is 23.0 Å².